The van der Waals surface area contributed by atoms with Crippen molar-refractivity contribution in [1.29, 1.82) is 0 Å². The topological polar surface area (TPSA) is 66.5 Å². The number of sulfonamides is 1. The highest BCUT2D eigenvalue weighted by Crippen LogP contribution is 2.43. The Morgan fingerprint density at radius 3 is 2.54 bits per heavy atom. The Kier molecular flexibility index (Phi) is 5.77. The van der Waals surface area contributed by atoms with E-state index in [2.05, 4.69) is 26.1 Å². The van der Waals surface area contributed by atoms with Crippen LogP contribution in [-0.4, -0.2) is 37.9 Å². The predicted molar refractivity (Wildman–Crippen MR) is 116 cm³/mol. The van der Waals surface area contributed by atoms with E-state index in [1.807, 2.05) is 31.2 Å². The number of nitrogens with one attached hydrogen (secondary N) is 1. The number of hydrogen-bond acceptors (Lipinski definition) is 4. The first kappa shape index (κ1) is 20.7. The summed E-state index contributed by atoms with van der Waals surface area (Å²) in [5.41, 5.74) is 3.10. The Labute approximate surface area is 171 Å². The Bertz CT molecular complexity index is 995. The molecule has 2 aromatic rings. The van der Waals surface area contributed by atoms with E-state index in [1.54, 1.807) is 30.0 Å². The van der Waals surface area contributed by atoms with Crippen molar-refractivity contribution in [2.75, 3.05) is 23.1 Å². The van der Waals surface area contributed by atoms with E-state index in [1.165, 1.54) is 4.31 Å². The van der Waals surface area contributed by atoms with Gasteiger partial charge in [0, 0.05) is 28.2 Å². The van der Waals surface area contributed by atoms with Gasteiger partial charge in [0.15, 0.2) is 0 Å². The molecule has 7 heteroatoms. The molecule has 28 heavy (non-hydrogen) atoms. The molecule has 5 nitrogen and oxygen atoms in total. The van der Waals surface area contributed by atoms with Crippen LogP contribution in [0.1, 0.15) is 26.3 Å². The third-order valence-corrected chi connectivity index (χ3v) is 7.50. The fourth-order valence-corrected chi connectivity index (χ4v) is 5.62. The number of thioether (sulfide) groups is 1. The molecule has 0 aromatic heterocycles. The van der Waals surface area contributed by atoms with Crippen molar-refractivity contribution in [1.82, 2.24) is 5.32 Å². The van der Waals surface area contributed by atoms with Crippen molar-refractivity contribution in [3.63, 3.8) is 0 Å². The lowest BCUT2D eigenvalue weighted by Gasteiger charge is -2.31. The van der Waals surface area contributed by atoms with Gasteiger partial charge in [0.05, 0.1) is 10.6 Å². The van der Waals surface area contributed by atoms with Gasteiger partial charge in [0.2, 0.25) is 5.91 Å². The molecule has 0 spiro atoms. The van der Waals surface area contributed by atoms with Gasteiger partial charge in [-0.05, 0) is 25.1 Å². The molecule has 2 aromatic carbocycles. The molecule has 0 aliphatic carbocycles. The van der Waals surface area contributed by atoms with Gasteiger partial charge in [-0.25, -0.2) is 8.42 Å². The van der Waals surface area contributed by atoms with Crippen LogP contribution in [0.4, 0.5) is 5.69 Å². The van der Waals surface area contributed by atoms with Crippen LogP contribution in [0.3, 0.4) is 0 Å². The zero-order chi connectivity index (χ0) is 20.5. The van der Waals surface area contributed by atoms with Crippen molar-refractivity contribution >= 4 is 33.4 Å². The van der Waals surface area contributed by atoms with Crippen LogP contribution >= 0.6 is 11.8 Å². The van der Waals surface area contributed by atoms with Crippen LogP contribution in [0.25, 0.3) is 11.1 Å². The van der Waals surface area contributed by atoms with E-state index in [0.717, 1.165) is 16.9 Å². The Morgan fingerprint density at radius 2 is 1.82 bits per heavy atom. The third-order valence-electron chi connectivity index (χ3n) is 4.41. The number of carbonyl (C=O) groups is 1. The van der Waals surface area contributed by atoms with Crippen LogP contribution in [0.15, 0.2) is 47.4 Å². The van der Waals surface area contributed by atoms with E-state index in [4.69, 9.17) is 0 Å². The highest BCUT2D eigenvalue weighted by atomic mass is 32.2. The largest absolute Gasteiger partial charge is 0.354 e. The molecule has 1 aliphatic heterocycles. The molecule has 1 aliphatic rings. The molecule has 0 atom stereocenters. The average Bonchev–Trinajstić information content (AvgIpc) is 2.62. The first-order valence-corrected chi connectivity index (χ1v) is 11.7. The molecule has 150 valence electrons. The Hall–Kier alpha value is -1.99. The molecule has 0 saturated carbocycles. The van der Waals surface area contributed by atoms with Gasteiger partial charge in [0.1, 0.15) is 6.54 Å². The number of fused-ring (bicyclic) bond motifs is 3. The summed E-state index contributed by atoms with van der Waals surface area (Å²) in [6.45, 7) is 8.61. The molecular formula is C21H26N2O3S2. The molecule has 0 saturated heterocycles. The van der Waals surface area contributed by atoms with Crippen LogP contribution in [0, 0.1) is 6.92 Å². The molecule has 0 fully saturated rings. The fourth-order valence-electron chi connectivity index (χ4n) is 3.15. The Balaban J connectivity index is 1.84. The molecule has 0 unspecified atom stereocenters. The van der Waals surface area contributed by atoms with Gasteiger partial charge in [-0.3, -0.25) is 9.10 Å². The van der Waals surface area contributed by atoms with Gasteiger partial charge in [-0.2, -0.15) is 11.8 Å². The summed E-state index contributed by atoms with van der Waals surface area (Å²) in [5, 5.41) is 2.84. The van der Waals surface area contributed by atoms with E-state index in [-0.39, 0.29) is 22.1 Å². The maximum Gasteiger partial charge on any atom is 0.265 e. The van der Waals surface area contributed by atoms with Crippen molar-refractivity contribution in [2.45, 2.75) is 37.3 Å². The van der Waals surface area contributed by atoms with E-state index < -0.39 is 10.0 Å². The monoisotopic (exact) mass is 418 g/mol. The summed E-state index contributed by atoms with van der Waals surface area (Å²) in [6, 6.07) is 12.6. The summed E-state index contributed by atoms with van der Waals surface area (Å²) in [7, 11) is -3.79. The van der Waals surface area contributed by atoms with Crippen LogP contribution in [0.2, 0.25) is 0 Å². The molecule has 1 heterocycles. The standard InChI is InChI=1S/C21H26N2O3S2/c1-15-9-10-18-17(13-15)16-7-5-6-8-19(16)28(25,26)23(18)14-20(24)22-11-12-27-21(2,3)4/h5-10,13H,11-12,14H2,1-4H3,(H,22,24). The smallest absolute Gasteiger partial charge is 0.265 e. The van der Waals surface area contributed by atoms with Crippen molar-refractivity contribution in [3.8, 4) is 11.1 Å². The lowest BCUT2D eigenvalue weighted by Crippen LogP contribution is -2.43. The van der Waals surface area contributed by atoms with Crippen molar-refractivity contribution in [3.05, 3.63) is 48.0 Å². The number of benzene rings is 2. The van der Waals surface area contributed by atoms with Crippen LogP contribution in [0.5, 0.6) is 0 Å². The normalized spacial score (nSPS) is 14.9. The molecule has 3 rings (SSSR count). The molecular weight excluding hydrogens is 392 g/mol. The molecule has 0 radical (unpaired) electrons. The van der Waals surface area contributed by atoms with Crippen LogP contribution in [-0.2, 0) is 14.8 Å². The molecule has 0 bridgehead atoms. The summed E-state index contributed by atoms with van der Waals surface area (Å²) < 4.78 is 27.7. The van der Waals surface area contributed by atoms with Gasteiger partial charge in [-0.1, -0.05) is 50.6 Å². The van der Waals surface area contributed by atoms with Crippen molar-refractivity contribution < 1.29 is 13.2 Å². The number of hydrogen-bond donors (Lipinski definition) is 1. The summed E-state index contributed by atoms with van der Waals surface area (Å²) in [4.78, 5) is 12.7. The van der Waals surface area contributed by atoms with E-state index in [0.29, 0.717) is 17.8 Å². The minimum atomic E-state index is -3.79. The number of nitrogens with zero attached hydrogens (tertiary/aromatic N) is 1. The minimum absolute atomic E-state index is 0.126. The average molecular weight is 419 g/mol. The first-order valence-electron chi connectivity index (χ1n) is 9.23. The summed E-state index contributed by atoms with van der Waals surface area (Å²) >= 11 is 1.76. The van der Waals surface area contributed by atoms with Gasteiger partial charge in [0.25, 0.3) is 10.0 Å². The van der Waals surface area contributed by atoms with Gasteiger partial charge >= 0.3 is 0 Å². The van der Waals surface area contributed by atoms with E-state index >= 15 is 0 Å². The number of aryl methyl sites for hydroxylation is 1. The van der Waals surface area contributed by atoms with Gasteiger partial charge < -0.3 is 5.32 Å². The quantitative estimate of drug-likeness (QED) is 0.750. The fraction of sp³-hybridized carbons (Fsp3) is 0.381. The second-order valence-corrected chi connectivity index (χ2v) is 11.6. The second kappa shape index (κ2) is 7.79. The Morgan fingerprint density at radius 1 is 1.11 bits per heavy atom. The third kappa shape index (κ3) is 4.36. The summed E-state index contributed by atoms with van der Waals surface area (Å²) in [6.07, 6.45) is 0. The maximum absolute atomic E-state index is 13.2. The maximum atomic E-state index is 13.2. The first-order chi connectivity index (χ1) is 13.1. The summed E-state index contributed by atoms with van der Waals surface area (Å²) in [5.74, 6) is 0.477. The lowest BCUT2D eigenvalue weighted by molar-refractivity contribution is -0.119. The minimum Gasteiger partial charge on any atom is -0.354 e. The zero-order valence-corrected chi connectivity index (χ0v) is 18.3. The molecule has 1 N–H and O–H groups in total. The number of amides is 1. The number of rotatable bonds is 5. The van der Waals surface area contributed by atoms with Gasteiger partial charge in [-0.15, -0.1) is 0 Å². The highest BCUT2D eigenvalue weighted by Gasteiger charge is 2.35. The highest BCUT2D eigenvalue weighted by molar-refractivity contribution is 8.00. The SMILES string of the molecule is Cc1ccc2c(c1)-c1ccccc1S(=O)(=O)N2CC(=O)NCCSC(C)(C)C. The number of carbonyl (C=O) groups excluding carboxylic acids is 1. The number of anilines is 1. The van der Waals surface area contributed by atoms with Crippen molar-refractivity contribution in [2.24, 2.45) is 0 Å². The predicted octanol–water partition coefficient (Wildman–Crippen LogP) is 3.82. The lowest BCUT2D eigenvalue weighted by atomic mass is 10.0. The van der Waals surface area contributed by atoms with E-state index in [9.17, 15) is 13.2 Å². The second-order valence-electron chi connectivity index (χ2n) is 7.84. The van der Waals surface area contributed by atoms with Crippen LogP contribution < -0.4 is 9.62 Å². The zero-order valence-electron chi connectivity index (χ0n) is 16.7. The molecule has 1 amide bonds.